The van der Waals surface area contributed by atoms with E-state index in [1.807, 2.05) is 36.7 Å². The minimum absolute atomic E-state index is 0.575. The van der Waals surface area contributed by atoms with E-state index >= 15 is 0 Å². The van der Waals surface area contributed by atoms with Crippen LogP contribution in [0.5, 0.6) is 0 Å². The molecule has 0 aliphatic heterocycles. The van der Waals surface area contributed by atoms with Gasteiger partial charge < -0.3 is 0 Å². The minimum Gasteiger partial charge on any atom is -0.299 e. The molecule has 1 saturated carbocycles. The second-order valence-corrected chi connectivity index (χ2v) is 10.00. The first-order valence-electron chi connectivity index (χ1n) is 11.5. The molecule has 0 bridgehead atoms. The molecule has 5 heteroatoms. The van der Waals surface area contributed by atoms with Crippen molar-refractivity contribution in [2.75, 3.05) is 7.05 Å². The zero-order chi connectivity index (χ0) is 23.0. The van der Waals surface area contributed by atoms with Crippen molar-refractivity contribution in [2.45, 2.75) is 44.7 Å². The lowest BCUT2D eigenvalue weighted by Crippen LogP contribution is -2.32. The van der Waals surface area contributed by atoms with E-state index in [9.17, 15) is 4.79 Å². The molecule has 0 radical (unpaired) electrons. The Labute approximate surface area is 205 Å². The summed E-state index contributed by atoms with van der Waals surface area (Å²) < 4.78 is 1.06. The van der Waals surface area contributed by atoms with E-state index < -0.39 is 0 Å². The Morgan fingerprint density at radius 1 is 1.00 bits per heavy atom. The molecule has 0 unspecified atom stereocenters. The summed E-state index contributed by atoms with van der Waals surface area (Å²) in [6, 6.07) is 21.5. The zero-order valence-electron chi connectivity index (χ0n) is 18.9. The number of thiophene rings is 1. The number of aromatic nitrogens is 1. The maximum atomic E-state index is 10.5. The molecular formula is C28H29ClN2OS. The largest absolute Gasteiger partial charge is 0.299 e. The molecule has 33 heavy (non-hydrogen) atoms. The van der Waals surface area contributed by atoms with E-state index in [1.54, 1.807) is 0 Å². The molecule has 0 amide bonds. The lowest BCUT2D eigenvalue weighted by Gasteiger charge is -2.31. The standard InChI is InChI=1S/C19H24N2.C9H5ClOS/c1-21(19-8-3-2-4-9-19)15-16-6-5-7-18(14-16)17-10-12-20-13-11-17;10-9-6-3-1-2-4-7(6)12-8(9)5-11/h5-7,10-14,19H,2-4,8-9,15H2,1H3;1-5H. The highest BCUT2D eigenvalue weighted by molar-refractivity contribution is 7.21. The minimum atomic E-state index is 0.575. The molecule has 0 atom stereocenters. The zero-order valence-corrected chi connectivity index (χ0v) is 20.5. The lowest BCUT2D eigenvalue weighted by atomic mass is 9.94. The van der Waals surface area contributed by atoms with Gasteiger partial charge in [0.1, 0.15) is 0 Å². The average Bonchev–Trinajstić information content (AvgIpc) is 3.21. The van der Waals surface area contributed by atoms with Gasteiger partial charge >= 0.3 is 0 Å². The van der Waals surface area contributed by atoms with Crippen LogP contribution >= 0.6 is 22.9 Å². The van der Waals surface area contributed by atoms with Crippen molar-refractivity contribution in [1.82, 2.24) is 9.88 Å². The Morgan fingerprint density at radius 3 is 2.48 bits per heavy atom. The van der Waals surface area contributed by atoms with Crippen LogP contribution in [0.4, 0.5) is 0 Å². The van der Waals surface area contributed by atoms with E-state index in [0.29, 0.717) is 9.90 Å². The smallest absolute Gasteiger partial charge is 0.161 e. The van der Waals surface area contributed by atoms with Gasteiger partial charge in [-0.1, -0.05) is 67.3 Å². The first-order chi connectivity index (χ1) is 16.2. The number of fused-ring (bicyclic) bond motifs is 1. The number of benzene rings is 2. The summed E-state index contributed by atoms with van der Waals surface area (Å²) in [5.41, 5.74) is 3.93. The quantitative estimate of drug-likeness (QED) is 0.274. The van der Waals surface area contributed by atoms with Crippen LogP contribution in [0.3, 0.4) is 0 Å². The van der Waals surface area contributed by atoms with Crippen molar-refractivity contribution in [3.8, 4) is 11.1 Å². The van der Waals surface area contributed by atoms with Gasteiger partial charge in [-0.2, -0.15) is 0 Å². The van der Waals surface area contributed by atoms with Gasteiger partial charge in [0.2, 0.25) is 0 Å². The molecule has 0 N–H and O–H groups in total. The number of hydrogen-bond acceptors (Lipinski definition) is 4. The van der Waals surface area contributed by atoms with E-state index in [0.717, 1.165) is 29.0 Å². The Kier molecular flexibility index (Phi) is 8.27. The monoisotopic (exact) mass is 476 g/mol. The van der Waals surface area contributed by atoms with Crippen LogP contribution in [-0.4, -0.2) is 29.3 Å². The highest BCUT2D eigenvalue weighted by Gasteiger charge is 2.18. The predicted octanol–water partition coefficient (Wildman–Crippen LogP) is 7.88. The average molecular weight is 477 g/mol. The Morgan fingerprint density at radius 2 is 1.76 bits per heavy atom. The highest BCUT2D eigenvalue weighted by atomic mass is 35.5. The van der Waals surface area contributed by atoms with Crippen molar-refractivity contribution in [1.29, 1.82) is 0 Å². The van der Waals surface area contributed by atoms with Gasteiger partial charge in [0.05, 0.1) is 9.90 Å². The molecule has 5 rings (SSSR count). The van der Waals surface area contributed by atoms with Crippen LogP contribution in [0.25, 0.3) is 21.2 Å². The van der Waals surface area contributed by atoms with Gasteiger partial charge in [-0.3, -0.25) is 14.7 Å². The van der Waals surface area contributed by atoms with Gasteiger partial charge in [-0.05, 0) is 60.8 Å². The third-order valence-corrected chi connectivity index (χ3v) is 7.85. The molecule has 4 aromatic rings. The SMILES string of the molecule is CN(Cc1cccc(-c2ccncc2)c1)C1CCCCC1.O=Cc1sc2ccccc2c1Cl. The molecule has 170 valence electrons. The van der Waals surface area contributed by atoms with Crippen LogP contribution in [0.1, 0.15) is 47.3 Å². The summed E-state index contributed by atoms with van der Waals surface area (Å²) in [7, 11) is 2.27. The van der Waals surface area contributed by atoms with E-state index in [2.05, 4.69) is 53.3 Å². The summed E-state index contributed by atoms with van der Waals surface area (Å²) in [6.45, 7) is 1.05. The van der Waals surface area contributed by atoms with Gasteiger partial charge in [0, 0.05) is 35.1 Å². The van der Waals surface area contributed by atoms with Crippen LogP contribution < -0.4 is 0 Å². The third kappa shape index (κ3) is 6.08. The van der Waals surface area contributed by atoms with Crippen LogP contribution in [0.2, 0.25) is 5.02 Å². The molecule has 2 aromatic carbocycles. The number of hydrogen-bond donors (Lipinski definition) is 0. The molecule has 2 heterocycles. The topological polar surface area (TPSA) is 33.2 Å². The Hall–Kier alpha value is -2.53. The first kappa shape index (κ1) is 23.6. The van der Waals surface area contributed by atoms with Gasteiger partial charge in [0.15, 0.2) is 6.29 Å². The maximum absolute atomic E-state index is 10.5. The van der Waals surface area contributed by atoms with Gasteiger partial charge in [-0.25, -0.2) is 0 Å². The molecule has 1 aliphatic carbocycles. The van der Waals surface area contributed by atoms with Crippen LogP contribution in [0, 0.1) is 0 Å². The first-order valence-corrected chi connectivity index (χ1v) is 12.7. The second-order valence-electron chi connectivity index (χ2n) is 8.54. The summed E-state index contributed by atoms with van der Waals surface area (Å²) >= 11 is 7.36. The van der Waals surface area contributed by atoms with Crippen molar-refractivity contribution in [2.24, 2.45) is 0 Å². The molecule has 1 aliphatic rings. The lowest BCUT2D eigenvalue weighted by molar-refractivity contribution is 0.112. The number of rotatable bonds is 5. The molecule has 2 aromatic heterocycles. The normalized spacial score (nSPS) is 14.2. The van der Waals surface area contributed by atoms with Crippen LogP contribution in [0.15, 0.2) is 73.1 Å². The Bertz CT molecular complexity index is 1180. The van der Waals surface area contributed by atoms with Gasteiger partial charge in [0.25, 0.3) is 0 Å². The number of pyridine rings is 1. The van der Waals surface area contributed by atoms with Crippen molar-refractivity contribution >= 4 is 39.3 Å². The number of aldehydes is 1. The molecule has 0 spiro atoms. The summed E-state index contributed by atoms with van der Waals surface area (Å²) in [4.78, 5) is 17.8. The number of carbonyl (C=O) groups excluding carboxylic acids is 1. The van der Waals surface area contributed by atoms with Crippen molar-refractivity contribution < 1.29 is 4.79 Å². The maximum Gasteiger partial charge on any atom is 0.161 e. The van der Waals surface area contributed by atoms with Gasteiger partial charge in [-0.15, -0.1) is 11.3 Å². The fraction of sp³-hybridized carbons (Fsp3) is 0.286. The molecule has 3 nitrogen and oxygen atoms in total. The Balaban J connectivity index is 0.000000183. The summed E-state index contributed by atoms with van der Waals surface area (Å²) in [6.07, 6.45) is 11.4. The van der Waals surface area contributed by atoms with E-state index in [1.165, 1.54) is 60.1 Å². The van der Waals surface area contributed by atoms with Crippen molar-refractivity contribution in [3.05, 3.63) is 88.5 Å². The van der Waals surface area contributed by atoms with Crippen LogP contribution in [-0.2, 0) is 6.54 Å². The van der Waals surface area contributed by atoms with E-state index in [4.69, 9.17) is 11.6 Å². The fourth-order valence-corrected chi connectivity index (χ4v) is 5.73. The summed E-state index contributed by atoms with van der Waals surface area (Å²) in [5, 5.41) is 1.54. The molecular weight excluding hydrogens is 448 g/mol. The number of carbonyl (C=O) groups is 1. The highest BCUT2D eigenvalue weighted by Crippen LogP contribution is 2.33. The number of halogens is 1. The van der Waals surface area contributed by atoms with Crippen molar-refractivity contribution in [3.63, 3.8) is 0 Å². The number of nitrogens with zero attached hydrogens (tertiary/aromatic N) is 2. The third-order valence-electron chi connectivity index (χ3n) is 6.24. The summed E-state index contributed by atoms with van der Waals surface area (Å²) in [5.74, 6) is 0. The fourth-order valence-electron chi connectivity index (χ4n) is 4.44. The second kappa shape index (κ2) is 11.6. The predicted molar refractivity (Wildman–Crippen MR) is 140 cm³/mol. The van der Waals surface area contributed by atoms with E-state index in [-0.39, 0.29) is 0 Å². The molecule has 0 saturated heterocycles. The molecule has 1 fully saturated rings.